The Morgan fingerprint density at radius 2 is 1.78 bits per heavy atom. The van der Waals surface area contributed by atoms with Crippen LogP contribution in [0.5, 0.6) is 0 Å². The Labute approximate surface area is 63.9 Å². The third-order valence-corrected chi connectivity index (χ3v) is 1.30. The second-order valence-corrected chi connectivity index (χ2v) is 2.14. The second-order valence-electron chi connectivity index (χ2n) is 2.14. The Bertz CT molecular complexity index is 181. The summed E-state index contributed by atoms with van der Waals surface area (Å²) in [6, 6.07) is 7.84. The molecule has 1 nitrogen and oxygen atoms in total. The number of hydrogen-bond acceptors (Lipinski definition) is 1. The molecular weight excluding hydrogens is 107 g/mol. The van der Waals surface area contributed by atoms with Gasteiger partial charge in [-0.2, -0.15) is 0 Å². The first-order chi connectivity index (χ1) is 4.33. The molecule has 0 saturated heterocycles. The van der Waals surface area contributed by atoms with Crippen LogP contribution >= 0.6 is 0 Å². The van der Waals surface area contributed by atoms with E-state index in [4.69, 9.17) is 5.11 Å². The minimum absolute atomic E-state index is 0.139. The van der Waals surface area contributed by atoms with E-state index >= 15 is 0 Å². The molecule has 0 saturated carbocycles. The molecule has 1 aromatic carbocycles. The summed E-state index contributed by atoms with van der Waals surface area (Å²) in [7, 11) is 0. The molecule has 9 heavy (non-hydrogen) atoms. The van der Waals surface area contributed by atoms with Crippen molar-refractivity contribution in [3.63, 3.8) is 0 Å². The van der Waals surface area contributed by atoms with Crippen LogP contribution in [0.1, 0.15) is 5.56 Å². The van der Waals surface area contributed by atoms with Crippen molar-refractivity contribution in [2.75, 3.05) is 0 Å². The molecular formula is C7H7LiO. The Kier molecular flexibility index (Phi) is 2.36. The summed E-state index contributed by atoms with van der Waals surface area (Å²) in [6.45, 7) is 0.139. The van der Waals surface area contributed by atoms with Gasteiger partial charge in [0, 0.05) is 0 Å². The summed E-state index contributed by atoms with van der Waals surface area (Å²) in [5, 5.41) is 8.63. The van der Waals surface area contributed by atoms with Crippen molar-refractivity contribution in [1.29, 1.82) is 0 Å². The van der Waals surface area contributed by atoms with E-state index in [2.05, 4.69) is 0 Å². The van der Waals surface area contributed by atoms with Gasteiger partial charge in [-0.15, -0.1) is 0 Å². The Hall–Kier alpha value is -0.223. The van der Waals surface area contributed by atoms with Crippen molar-refractivity contribution >= 4 is 22.0 Å². The maximum atomic E-state index is 8.63. The first-order valence-electron chi connectivity index (χ1n) is 2.99. The van der Waals surface area contributed by atoms with Crippen LogP contribution in [0.2, 0.25) is 0 Å². The predicted molar refractivity (Wildman–Crippen MR) is 37.8 cm³/mol. The molecule has 2 heteroatoms. The Balaban J connectivity index is 2.88. The van der Waals surface area contributed by atoms with Crippen LogP contribution in [0, 0.1) is 0 Å². The van der Waals surface area contributed by atoms with Gasteiger partial charge in [-0.05, 0) is 0 Å². The van der Waals surface area contributed by atoms with Crippen molar-refractivity contribution in [1.82, 2.24) is 0 Å². The number of aliphatic hydroxyl groups is 1. The van der Waals surface area contributed by atoms with Crippen LogP contribution in [0.3, 0.4) is 0 Å². The van der Waals surface area contributed by atoms with Crippen LogP contribution in [-0.4, -0.2) is 22.8 Å². The van der Waals surface area contributed by atoms with E-state index in [1.54, 1.807) is 0 Å². The van der Waals surface area contributed by atoms with E-state index < -0.39 is 0 Å². The summed E-state index contributed by atoms with van der Waals surface area (Å²) in [5.41, 5.74) is 0.973. The molecule has 0 bridgehead atoms. The molecule has 0 aliphatic carbocycles. The van der Waals surface area contributed by atoms with Gasteiger partial charge in [0.1, 0.15) is 0 Å². The fourth-order valence-electron chi connectivity index (χ4n) is 0.693. The van der Waals surface area contributed by atoms with Crippen LogP contribution in [0.25, 0.3) is 0 Å². The van der Waals surface area contributed by atoms with Crippen molar-refractivity contribution in [3.8, 4) is 0 Å². The quantitative estimate of drug-likeness (QED) is 0.508. The molecule has 0 heterocycles. The van der Waals surface area contributed by atoms with Gasteiger partial charge < -0.3 is 0 Å². The van der Waals surface area contributed by atoms with E-state index in [1.165, 1.54) is 4.24 Å². The van der Waals surface area contributed by atoms with Crippen molar-refractivity contribution in [2.45, 2.75) is 6.61 Å². The number of aliphatic hydroxyl groups excluding tert-OH is 1. The van der Waals surface area contributed by atoms with E-state index in [-0.39, 0.29) is 6.61 Å². The van der Waals surface area contributed by atoms with Crippen LogP contribution in [0.4, 0.5) is 0 Å². The van der Waals surface area contributed by atoms with Crippen LogP contribution in [-0.2, 0) is 6.61 Å². The van der Waals surface area contributed by atoms with Crippen molar-refractivity contribution in [3.05, 3.63) is 29.8 Å². The summed E-state index contributed by atoms with van der Waals surface area (Å²) in [6.07, 6.45) is 0. The maximum absolute atomic E-state index is 8.63. The number of benzene rings is 1. The average molecular weight is 114 g/mol. The minimum atomic E-state index is 0.139. The first-order valence-corrected chi connectivity index (χ1v) is 2.99. The van der Waals surface area contributed by atoms with E-state index in [1.807, 2.05) is 42.0 Å². The summed E-state index contributed by atoms with van der Waals surface area (Å²) in [4.78, 5) is 0. The zero-order chi connectivity index (χ0) is 6.69. The molecule has 0 amide bonds. The zero-order valence-corrected chi connectivity index (χ0v) is 5.46. The van der Waals surface area contributed by atoms with Gasteiger partial charge in [-0.25, -0.2) is 0 Å². The SMILES string of the molecule is [Li][c]1ccc(CO)cc1. The molecule has 0 spiro atoms. The molecule has 0 unspecified atom stereocenters. The van der Waals surface area contributed by atoms with E-state index in [0.29, 0.717) is 0 Å². The molecule has 0 atom stereocenters. The molecule has 0 fully saturated rings. The fraction of sp³-hybridized carbons (Fsp3) is 0.143. The summed E-state index contributed by atoms with van der Waals surface area (Å²) >= 11 is 2.03. The number of hydrogen-bond donors (Lipinski definition) is 1. The van der Waals surface area contributed by atoms with Gasteiger partial charge in [-0.3, -0.25) is 0 Å². The van der Waals surface area contributed by atoms with Gasteiger partial charge >= 0.3 is 63.5 Å². The third kappa shape index (κ3) is 1.87. The molecule has 1 rings (SSSR count). The van der Waals surface area contributed by atoms with E-state index in [0.717, 1.165) is 5.56 Å². The van der Waals surface area contributed by atoms with Gasteiger partial charge in [0.2, 0.25) is 0 Å². The van der Waals surface area contributed by atoms with Gasteiger partial charge in [0.05, 0.1) is 0 Å². The standard InChI is InChI=1S/C7H7O.Li/c8-6-7-4-2-1-3-5-7;/h2-5,8H,6H2;. The molecule has 0 aliphatic heterocycles. The van der Waals surface area contributed by atoms with E-state index in [9.17, 15) is 0 Å². The first kappa shape index (κ1) is 6.89. The number of rotatable bonds is 1. The molecule has 1 N–H and O–H groups in total. The fourth-order valence-corrected chi connectivity index (χ4v) is 0.693. The molecule has 0 aliphatic rings. The Morgan fingerprint density at radius 3 is 2.22 bits per heavy atom. The van der Waals surface area contributed by atoms with Gasteiger partial charge in [0.25, 0.3) is 0 Å². The summed E-state index contributed by atoms with van der Waals surface area (Å²) < 4.78 is 1.23. The molecule has 0 radical (unpaired) electrons. The van der Waals surface area contributed by atoms with Gasteiger partial charge in [-0.1, -0.05) is 0 Å². The molecule has 1 aromatic rings. The van der Waals surface area contributed by atoms with Crippen molar-refractivity contribution in [2.24, 2.45) is 0 Å². The monoisotopic (exact) mass is 114 g/mol. The van der Waals surface area contributed by atoms with Crippen molar-refractivity contribution < 1.29 is 5.11 Å². The zero-order valence-electron chi connectivity index (χ0n) is 5.46. The van der Waals surface area contributed by atoms with Gasteiger partial charge in [0.15, 0.2) is 0 Å². The normalized spacial score (nSPS) is 9.67. The van der Waals surface area contributed by atoms with Crippen LogP contribution < -0.4 is 4.24 Å². The Morgan fingerprint density at radius 1 is 1.22 bits per heavy atom. The average Bonchev–Trinajstić information content (AvgIpc) is 1.90. The van der Waals surface area contributed by atoms with Crippen LogP contribution in [0.15, 0.2) is 24.3 Å². The molecule has 0 aromatic heterocycles. The third-order valence-electron chi connectivity index (χ3n) is 1.30. The summed E-state index contributed by atoms with van der Waals surface area (Å²) in [5.74, 6) is 0. The topological polar surface area (TPSA) is 20.2 Å². The second kappa shape index (κ2) is 3.08. The molecule has 42 valence electrons. The predicted octanol–water partition coefficient (Wildman–Crippen LogP) is -0.0273.